The van der Waals surface area contributed by atoms with Crippen molar-refractivity contribution < 1.29 is 31.1 Å². The first kappa shape index (κ1) is 16.0. The Balaban J connectivity index is 4.69. The quantitative estimate of drug-likeness (QED) is 0.759. The molecule has 0 heterocycles. The van der Waals surface area contributed by atoms with E-state index in [0.717, 1.165) is 0 Å². The third-order valence-electron chi connectivity index (χ3n) is 1.98. The molecular weight excluding hydrogens is 254 g/mol. The summed E-state index contributed by atoms with van der Waals surface area (Å²) < 4.78 is 72.4. The first-order chi connectivity index (χ1) is 7.50. The average molecular weight is 266 g/mol. The number of alkyl halides is 6. The SMILES string of the molecule is CCC(N)CNC(=O)C(C(F)(F)F)C(F)(F)F. The Morgan fingerprint density at radius 3 is 1.88 bits per heavy atom. The highest BCUT2D eigenvalue weighted by molar-refractivity contribution is 5.80. The van der Waals surface area contributed by atoms with E-state index in [-0.39, 0.29) is 0 Å². The molecule has 0 aliphatic rings. The highest BCUT2D eigenvalue weighted by Gasteiger charge is 2.61. The zero-order valence-electron chi connectivity index (χ0n) is 8.82. The molecule has 0 aromatic heterocycles. The lowest BCUT2D eigenvalue weighted by Gasteiger charge is -2.22. The van der Waals surface area contributed by atoms with Gasteiger partial charge in [0.05, 0.1) is 0 Å². The molecule has 0 bridgehead atoms. The van der Waals surface area contributed by atoms with Crippen LogP contribution in [0.3, 0.4) is 0 Å². The van der Waals surface area contributed by atoms with Crippen molar-refractivity contribution in [1.29, 1.82) is 0 Å². The fraction of sp³-hybridized carbons (Fsp3) is 0.875. The summed E-state index contributed by atoms with van der Waals surface area (Å²) in [4.78, 5) is 10.9. The fourth-order valence-electron chi connectivity index (χ4n) is 0.961. The number of hydrogen-bond donors (Lipinski definition) is 2. The van der Waals surface area contributed by atoms with Gasteiger partial charge in [0, 0.05) is 12.6 Å². The molecule has 9 heteroatoms. The molecule has 17 heavy (non-hydrogen) atoms. The monoisotopic (exact) mass is 266 g/mol. The average Bonchev–Trinajstić information content (AvgIpc) is 2.09. The van der Waals surface area contributed by atoms with Crippen LogP contribution < -0.4 is 11.1 Å². The van der Waals surface area contributed by atoms with Crippen LogP contribution in [0.1, 0.15) is 13.3 Å². The number of carbonyl (C=O) groups is 1. The summed E-state index contributed by atoms with van der Waals surface area (Å²) in [6, 6.07) is -0.680. The van der Waals surface area contributed by atoms with Crippen LogP contribution in [-0.4, -0.2) is 30.8 Å². The van der Waals surface area contributed by atoms with Crippen molar-refractivity contribution in [2.45, 2.75) is 31.7 Å². The summed E-state index contributed by atoms with van der Waals surface area (Å²) in [5.41, 5.74) is 5.26. The van der Waals surface area contributed by atoms with E-state index in [2.05, 4.69) is 0 Å². The summed E-state index contributed by atoms with van der Waals surface area (Å²) in [6.07, 6.45) is -11.0. The molecule has 3 N–H and O–H groups in total. The molecule has 0 saturated heterocycles. The molecule has 0 spiro atoms. The van der Waals surface area contributed by atoms with Gasteiger partial charge in [-0.05, 0) is 6.42 Å². The highest BCUT2D eigenvalue weighted by Crippen LogP contribution is 2.39. The standard InChI is InChI=1S/C8H12F6N2O/c1-2-4(15)3-16-6(17)5(7(9,10)11)8(12,13)14/h4-5H,2-3,15H2,1H3,(H,16,17). The molecule has 0 aromatic carbocycles. The Hall–Kier alpha value is -0.990. The second-order valence-corrected chi connectivity index (χ2v) is 3.43. The predicted octanol–water partition coefficient (Wildman–Crippen LogP) is 1.58. The van der Waals surface area contributed by atoms with Crippen LogP contribution in [0.4, 0.5) is 26.3 Å². The van der Waals surface area contributed by atoms with Crippen molar-refractivity contribution in [2.24, 2.45) is 11.7 Å². The summed E-state index contributed by atoms with van der Waals surface area (Å²) in [7, 11) is 0. The number of carbonyl (C=O) groups excluding carboxylic acids is 1. The molecule has 1 atom stereocenters. The van der Waals surface area contributed by atoms with E-state index in [1.165, 1.54) is 0 Å². The van der Waals surface area contributed by atoms with Crippen molar-refractivity contribution in [3.05, 3.63) is 0 Å². The van der Waals surface area contributed by atoms with E-state index in [1.807, 2.05) is 0 Å². The molecule has 0 aliphatic heterocycles. The van der Waals surface area contributed by atoms with Crippen LogP contribution in [0.15, 0.2) is 0 Å². The maximum absolute atomic E-state index is 12.1. The summed E-state index contributed by atoms with van der Waals surface area (Å²) in [5.74, 6) is -6.15. The van der Waals surface area contributed by atoms with Gasteiger partial charge in [0.2, 0.25) is 11.8 Å². The third kappa shape index (κ3) is 5.24. The van der Waals surface area contributed by atoms with Gasteiger partial charge in [-0.2, -0.15) is 26.3 Å². The van der Waals surface area contributed by atoms with Gasteiger partial charge in [0.25, 0.3) is 0 Å². The zero-order chi connectivity index (χ0) is 13.9. The van der Waals surface area contributed by atoms with Gasteiger partial charge in [-0.1, -0.05) is 6.92 Å². The zero-order valence-corrected chi connectivity index (χ0v) is 8.82. The van der Waals surface area contributed by atoms with E-state index < -0.39 is 36.8 Å². The first-order valence-corrected chi connectivity index (χ1v) is 4.66. The number of halogens is 6. The van der Waals surface area contributed by atoms with Gasteiger partial charge >= 0.3 is 12.4 Å². The van der Waals surface area contributed by atoms with E-state index in [0.29, 0.717) is 6.42 Å². The van der Waals surface area contributed by atoms with Gasteiger partial charge in [0.1, 0.15) is 0 Å². The van der Waals surface area contributed by atoms with Gasteiger partial charge in [0.15, 0.2) is 0 Å². The maximum Gasteiger partial charge on any atom is 0.409 e. The molecule has 0 radical (unpaired) electrons. The lowest BCUT2D eigenvalue weighted by atomic mass is 10.1. The molecule has 1 amide bonds. The minimum Gasteiger partial charge on any atom is -0.354 e. The third-order valence-corrected chi connectivity index (χ3v) is 1.98. The molecule has 0 rings (SSSR count). The lowest BCUT2D eigenvalue weighted by molar-refractivity contribution is -0.274. The highest BCUT2D eigenvalue weighted by atomic mass is 19.4. The maximum atomic E-state index is 12.1. The van der Waals surface area contributed by atoms with Crippen molar-refractivity contribution in [3.8, 4) is 0 Å². The van der Waals surface area contributed by atoms with Gasteiger partial charge < -0.3 is 11.1 Å². The number of rotatable bonds is 4. The van der Waals surface area contributed by atoms with Crippen LogP contribution in [-0.2, 0) is 4.79 Å². The van der Waals surface area contributed by atoms with Crippen LogP contribution in [0.2, 0.25) is 0 Å². The van der Waals surface area contributed by atoms with E-state index in [9.17, 15) is 31.1 Å². The Morgan fingerprint density at radius 2 is 1.59 bits per heavy atom. The Bertz CT molecular complexity index is 248. The van der Waals surface area contributed by atoms with Crippen molar-refractivity contribution in [2.75, 3.05) is 6.54 Å². The van der Waals surface area contributed by atoms with Crippen LogP contribution >= 0.6 is 0 Å². The smallest absolute Gasteiger partial charge is 0.354 e. The summed E-state index contributed by atoms with van der Waals surface area (Å²) >= 11 is 0. The van der Waals surface area contributed by atoms with Crippen molar-refractivity contribution >= 4 is 5.91 Å². The molecular formula is C8H12F6N2O. The summed E-state index contributed by atoms with van der Waals surface area (Å²) in [6.45, 7) is 1.15. The topological polar surface area (TPSA) is 55.1 Å². The second-order valence-electron chi connectivity index (χ2n) is 3.43. The van der Waals surface area contributed by atoms with Crippen LogP contribution in [0.25, 0.3) is 0 Å². The number of amides is 1. The van der Waals surface area contributed by atoms with Crippen LogP contribution in [0, 0.1) is 5.92 Å². The number of hydrogen-bond acceptors (Lipinski definition) is 2. The van der Waals surface area contributed by atoms with Gasteiger partial charge in [-0.15, -0.1) is 0 Å². The fourth-order valence-corrected chi connectivity index (χ4v) is 0.961. The number of nitrogens with two attached hydrogens (primary N) is 1. The molecule has 102 valence electrons. The van der Waals surface area contributed by atoms with Crippen LogP contribution in [0.5, 0.6) is 0 Å². The minimum atomic E-state index is -5.67. The minimum absolute atomic E-state index is 0.322. The molecule has 0 aliphatic carbocycles. The molecule has 0 saturated carbocycles. The second kappa shape index (κ2) is 5.56. The van der Waals surface area contributed by atoms with E-state index >= 15 is 0 Å². The van der Waals surface area contributed by atoms with Crippen molar-refractivity contribution in [3.63, 3.8) is 0 Å². The van der Waals surface area contributed by atoms with Gasteiger partial charge in [-0.25, -0.2) is 0 Å². The normalized spacial score (nSPS) is 14.9. The Labute approximate surface area is 93.3 Å². The Kier molecular flexibility index (Phi) is 5.24. The molecule has 0 aromatic rings. The largest absolute Gasteiger partial charge is 0.409 e. The lowest BCUT2D eigenvalue weighted by Crippen LogP contribution is -2.50. The predicted molar refractivity (Wildman–Crippen MR) is 46.9 cm³/mol. The molecule has 0 fully saturated rings. The molecule has 3 nitrogen and oxygen atoms in total. The van der Waals surface area contributed by atoms with E-state index in [4.69, 9.17) is 5.73 Å². The van der Waals surface area contributed by atoms with E-state index in [1.54, 1.807) is 12.2 Å². The first-order valence-electron chi connectivity index (χ1n) is 4.66. The summed E-state index contributed by atoms with van der Waals surface area (Å²) in [5, 5.41) is 1.54. The number of nitrogens with one attached hydrogen (secondary N) is 1. The molecule has 1 unspecified atom stereocenters. The Morgan fingerprint density at radius 1 is 1.18 bits per heavy atom. The van der Waals surface area contributed by atoms with Crippen molar-refractivity contribution in [1.82, 2.24) is 5.32 Å². The van der Waals surface area contributed by atoms with Gasteiger partial charge in [-0.3, -0.25) is 4.79 Å².